The fourth-order valence-electron chi connectivity index (χ4n) is 7.88. The highest BCUT2D eigenvalue weighted by Gasteiger charge is 2.78. The lowest BCUT2D eigenvalue weighted by Gasteiger charge is -2.57. The maximum absolute atomic E-state index is 13.5. The summed E-state index contributed by atoms with van der Waals surface area (Å²) in [6.07, 6.45) is 8.35. The van der Waals surface area contributed by atoms with Gasteiger partial charge in [0.15, 0.2) is 0 Å². The first-order valence-electron chi connectivity index (χ1n) is 10.1. The predicted octanol–water partition coefficient (Wildman–Crippen LogP) is 3.04. The van der Waals surface area contributed by atoms with E-state index in [9.17, 15) is 14.4 Å². The van der Waals surface area contributed by atoms with Crippen LogP contribution >= 0.6 is 0 Å². The maximum atomic E-state index is 13.5. The molecule has 0 aliphatic heterocycles. The van der Waals surface area contributed by atoms with Crippen LogP contribution in [0.4, 0.5) is 0 Å². The van der Waals surface area contributed by atoms with Crippen molar-refractivity contribution >= 4 is 17.5 Å². The van der Waals surface area contributed by atoms with Gasteiger partial charge in [0.1, 0.15) is 5.41 Å². The van der Waals surface area contributed by atoms with Crippen molar-refractivity contribution < 1.29 is 14.4 Å². The van der Waals surface area contributed by atoms with E-state index in [0.29, 0.717) is 12.8 Å². The van der Waals surface area contributed by atoms with E-state index in [-0.39, 0.29) is 17.2 Å². The lowest BCUT2D eigenvalue weighted by Crippen LogP contribution is -2.63. The molecule has 2 atom stereocenters. The average molecular weight is 343 g/mol. The largest absolute Gasteiger partial charge is 0.350 e. The Morgan fingerprint density at radius 1 is 0.880 bits per heavy atom. The van der Waals surface area contributed by atoms with Crippen LogP contribution in [-0.2, 0) is 14.4 Å². The molecule has 6 aliphatic carbocycles. The molecule has 0 aromatic rings. The Bertz CT molecular complexity index is 673. The molecular formula is C21H29NO3. The lowest BCUT2D eigenvalue weighted by atomic mass is 9.52. The van der Waals surface area contributed by atoms with Gasteiger partial charge in [0, 0.05) is 11.0 Å². The van der Waals surface area contributed by atoms with Crippen LogP contribution in [0.1, 0.15) is 72.1 Å². The summed E-state index contributed by atoms with van der Waals surface area (Å²) in [6.45, 7) is 5.81. The molecule has 6 bridgehead atoms. The number of fused-ring (bicyclic) bond motifs is 2. The molecule has 136 valence electrons. The van der Waals surface area contributed by atoms with Crippen molar-refractivity contribution in [2.75, 3.05) is 0 Å². The van der Waals surface area contributed by atoms with Crippen LogP contribution in [-0.4, -0.2) is 23.0 Å². The molecule has 6 rings (SSSR count). The van der Waals surface area contributed by atoms with Crippen LogP contribution in [0.3, 0.4) is 0 Å². The summed E-state index contributed by atoms with van der Waals surface area (Å²) in [5.41, 5.74) is -2.52. The standard InChI is InChI=1S/C21H29NO3/c1-18(2)19(3)4-5-21(18,16(24)15(19)23)17(25)22-20-9-12-6-13(10-20)8-14(7-12)11-20/h12-14H,4-11H2,1-3H3,(H,22,25). The Morgan fingerprint density at radius 3 is 1.84 bits per heavy atom. The van der Waals surface area contributed by atoms with Crippen LogP contribution in [0.25, 0.3) is 0 Å². The number of carbonyl (C=O) groups is 3. The van der Waals surface area contributed by atoms with E-state index >= 15 is 0 Å². The van der Waals surface area contributed by atoms with Gasteiger partial charge in [-0.15, -0.1) is 0 Å². The van der Waals surface area contributed by atoms with Gasteiger partial charge in [0.2, 0.25) is 17.5 Å². The number of nitrogens with one attached hydrogen (secondary N) is 1. The number of hydrogen-bond donors (Lipinski definition) is 1. The fourth-order valence-corrected chi connectivity index (χ4v) is 7.88. The van der Waals surface area contributed by atoms with Gasteiger partial charge in [-0.05, 0) is 74.5 Å². The minimum atomic E-state index is -1.14. The van der Waals surface area contributed by atoms with E-state index in [1.165, 1.54) is 19.3 Å². The first-order valence-corrected chi connectivity index (χ1v) is 10.1. The molecule has 0 radical (unpaired) electrons. The smallest absolute Gasteiger partial charge is 0.235 e. The molecule has 6 fully saturated rings. The fraction of sp³-hybridized carbons (Fsp3) is 0.857. The molecule has 2 unspecified atom stereocenters. The van der Waals surface area contributed by atoms with E-state index in [0.717, 1.165) is 37.0 Å². The first-order chi connectivity index (χ1) is 11.6. The van der Waals surface area contributed by atoms with Crippen LogP contribution < -0.4 is 5.32 Å². The van der Waals surface area contributed by atoms with Gasteiger partial charge >= 0.3 is 0 Å². The second kappa shape index (κ2) is 4.37. The van der Waals surface area contributed by atoms with Gasteiger partial charge in [-0.3, -0.25) is 14.4 Å². The third kappa shape index (κ3) is 1.63. The number of hydrogen-bond acceptors (Lipinski definition) is 3. The Balaban J connectivity index is 1.49. The summed E-state index contributed by atoms with van der Waals surface area (Å²) < 4.78 is 0. The van der Waals surface area contributed by atoms with E-state index in [2.05, 4.69) is 5.32 Å². The highest BCUT2D eigenvalue weighted by Crippen LogP contribution is 2.69. The van der Waals surface area contributed by atoms with Crippen LogP contribution in [0.5, 0.6) is 0 Å². The molecule has 4 heteroatoms. The average Bonchev–Trinajstić information content (AvgIpc) is 2.77. The topological polar surface area (TPSA) is 63.2 Å². The minimum absolute atomic E-state index is 0.110. The van der Waals surface area contributed by atoms with Crippen LogP contribution in [0.2, 0.25) is 0 Å². The van der Waals surface area contributed by atoms with Crippen molar-refractivity contribution in [1.29, 1.82) is 0 Å². The Hall–Kier alpha value is -1.19. The van der Waals surface area contributed by atoms with Crippen molar-refractivity contribution in [2.24, 2.45) is 34.0 Å². The maximum Gasteiger partial charge on any atom is 0.235 e. The number of carbonyl (C=O) groups excluding carboxylic acids is 3. The Morgan fingerprint density at radius 2 is 1.40 bits per heavy atom. The van der Waals surface area contributed by atoms with Gasteiger partial charge in [-0.1, -0.05) is 20.8 Å². The van der Waals surface area contributed by atoms with Gasteiger partial charge in [-0.2, -0.15) is 0 Å². The summed E-state index contributed by atoms with van der Waals surface area (Å²) in [4.78, 5) is 39.1. The van der Waals surface area contributed by atoms with Crippen molar-refractivity contribution in [2.45, 2.75) is 77.7 Å². The van der Waals surface area contributed by atoms with E-state index in [4.69, 9.17) is 0 Å². The molecule has 6 aliphatic rings. The van der Waals surface area contributed by atoms with Crippen molar-refractivity contribution in [3.05, 3.63) is 0 Å². The third-order valence-electron chi connectivity index (χ3n) is 9.35. The molecule has 1 N–H and O–H groups in total. The third-order valence-corrected chi connectivity index (χ3v) is 9.35. The Labute approximate surface area is 149 Å². The number of rotatable bonds is 2. The molecule has 25 heavy (non-hydrogen) atoms. The van der Waals surface area contributed by atoms with Gasteiger partial charge < -0.3 is 5.32 Å². The van der Waals surface area contributed by atoms with Gasteiger partial charge in [0.05, 0.1) is 0 Å². The van der Waals surface area contributed by atoms with Gasteiger partial charge in [0.25, 0.3) is 0 Å². The van der Waals surface area contributed by atoms with Gasteiger partial charge in [-0.25, -0.2) is 0 Å². The SMILES string of the molecule is CC12CCC(C(=O)NC34CC5CC(CC(C5)C3)C4)(C(=O)C1=O)C2(C)C. The summed E-state index contributed by atoms with van der Waals surface area (Å²) in [5.74, 6) is 1.35. The van der Waals surface area contributed by atoms with Crippen molar-refractivity contribution in [3.63, 3.8) is 0 Å². The zero-order valence-corrected chi connectivity index (χ0v) is 15.6. The van der Waals surface area contributed by atoms with E-state index < -0.39 is 22.0 Å². The molecule has 0 saturated heterocycles. The Kier molecular flexibility index (Phi) is 2.80. The summed E-state index contributed by atoms with van der Waals surface area (Å²) in [5, 5.41) is 3.40. The van der Waals surface area contributed by atoms with Crippen molar-refractivity contribution in [1.82, 2.24) is 5.32 Å². The summed E-state index contributed by atoms with van der Waals surface area (Å²) in [7, 11) is 0. The van der Waals surface area contributed by atoms with E-state index in [1.54, 1.807) is 0 Å². The molecular weight excluding hydrogens is 314 g/mol. The highest BCUT2D eigenvalue weighted by molar-refractivity contribution is 6.48. The molecule has 4 nitrogen and oxygen atoms in total. The molecule has 0 heterocycles. The minimum Gasteiger partial charge on any atom is -0.350 e. The second-order valence-corrected chi connectivity index (χ2v) is 10.7. The number of Topliss-reactive ketones (excluding diaryl/α,β-unsaturated/α-hetero) is 2. The molecule has 0 spiro atoms. The zero-order valence-electron chi connectivity index (χ0n) is 15.6. The van der Waals surface area contributed by atoms with Crippen LogP contribution in [0.15, 0.2) is 0 Å². The lowest BCUT2D eigenvalue weighted by molar-refractivity contribution is -0.151. The number of amides is 1. The predicted molar refractivity (Wildman–Crippen MR) is 92.6 cm³/mol. The quantitative estimate of drug-likeness (QED) is 0.619. The summed E-state index contributed by atoms with van der Waals surface area (Å²) in [6, 6.07) is 0. The monoisotopic (exact) mass is 343 g/mol. The highest BCUT2D eigenvalue weighted by atomic mass is 16.2. The molecule has 6 saturated carbocycles. The van der Waals surface area contributed by atoms with Crippen LogP contribution in [0, 0.1) is 34.0 Å². The normalized spacial score (nSPS) is 52.0. The first kappa shape index (κ1) is 16.0. The zero-order chi connectivity index (χ0) is 17.8. The molecule has 1 amide bonds. The summed E-state index contributed by atoms with van der Waals surface area (Å²) >= 11 is 0. The molecule has 0 aromatic heterocycles. The molecule has 0 aromatic carbocycles. The number of ketones is 2. The van der Waals surface area contributed by atoms with Crippen molar-refractivity contribution in [3.8, 4) is 0 Å². The second-order valence-electron chi connectivity index (χ2n) is 10.7. The van der Waals surface area contributed by atoms with E-state index in [1.807, 2.05) is 20.8 Å².